The molecular weight excluding hydrogens is 332 g/mol. The first-order valence-corrected chi connectivity index (χ1v) is 9.66. The predicted octanol–water partition coefficient (Wildman–Crippen LogP) is 3.39. The lowest BCUT2D eigenvalue weighted by molar-refractivity contribution is 0.0904. The van der Waals surface area contributed by atoms with Crippen molar-refractivity contribution in [2.45, 2.75) is 32.2 Å². The number of rotatable bonds is 6. The van der Waals surface area contributed by atoms with Gasteiger partial charge in [-0.15, -0.1) is 11.3 Å². The van der Waals surface area contributed by atoms with Gasteiger partial charge in [-0.2, -0.15) is 0 Å². The Bertz CT molecular complexity index is 726. The molecule has 0 spiro atoms. The summed E-state index contributed by atoms with van der Waals surface area (Å²) in [5.41, 5.74) is 1.94. The molecule has 1 aliphatic rings. The number of likely N-dealkylation sites (tertiary alicyclic amines) is 1. The molecule has 1 aromatic heterocycles. The Kier molecular flexibility index (Phi) is 6.00. The predicted molar refractivity (Wildman–Crippen MR) is 101 cm³/mol. The second kappa shape index (κ2) is 8.41. The zero-order chi connectivity index (χ0) is 17.6. The Hall–Kier alpha value is -1.98. The van der Waals surface area contributed by atoms with Crippen molar-refractivity contribution in [2.75, 3.05) is 19.6 Å². The highest BCUT2D eigenvalue weighted by molar-refractivity contribution is 7.12. The average Bonchev–Trinajstić information content (AvgIpc) is 3.12. The number of Topliss-reactive ketones (excluding diaryl/α,β-unsaturated/α-hetero) is 1. The van der Waals surface area contributed by atoms with E-state index in [2.05, 4.69) is 34.5 Å². The summed E-state index contributed by atoms with van der Waals surface area (Å²) in [5.74, 6) is -0.0625. The second-order valence-corrected chi connectivity index (χ2v) is 7.52. The largest absolute Gasteiger partial charge is 0.348 e. The summed E-state index contributed by atoms with van der Waals surface area (Å²) in [6, 6.07) is 12.4. The molecule has 1 N–H and O–H groups in total. The van der Waals surface area contributed by atoms with Crippen LogP contribution in [0.15, 0.2) is 41.8 Å². The van der Waals surface area contributed by atoms with E-state index in [9.17, 15) is 9.59 Å². The molecule has 1 amide bonds. The van der Waals surface area contributed by atoms with Crippen molar-refractivity contribution in [1.29, 1.82) is 0 Å². The van der Waals surface area contributed by atoms with E-state index in [1.807, 2.05) is 6.07 Å². The molecule has 4 nitrogen and oxygen atoms in total. The molecule has 0 unspecified atom stereocenters. The molecule has 2 heterocycles. The van der Waals surface area contributed by atoms with Crippen molar-refractivity contribution in [1.82, 2.24) is 10.2 Å². The number of nitrogens with zero attached hydrogens (tertiary/aromatic N) is 1. The van der Waals surface area contributed by atoms with Gasteiger partial charge in [0.05, 0.1) is 10.4 Å². The van der Waals surface area contributed by atoms with Crippen molar-refractivity contribution in [2.24, 2.45) is 0 Å². The van der Waals surface area contributed by atoms with E-state index in [4.69, 9.17) is 0 Å². The number of amides is 1. The third-order valence-corrected chi connectivity index (χ3v) is 5.64. The van der Waals surface area contributed by atoms with Gasteiger partial charge in [0.15, 0.2) is 5.78 Å². The molecule has 0 saturated carbocycles. The van der Waals surface area contributed by atoms with Gasteiger partial charge in [0.25, 0.3) is 5.91 Å². The topological polar surface area (TPSA) is 49.4 Å². The molecule has 0 aliphatic carbocycles. The first-order chi connectivity index (χ1) is 12.1. The Balaban J connectivity index is 1.50. The molecule has 2 aromatic rings. The van der Waals surface area contributed by atoms with Crippen LogP contribution in [0.5, 0.6) is 0 Å². The van der Waals surface area contributed by atoms with Gasteiger partial charge in [-0.3, -0.25) is 9.59 Å². The fraction of sp³-hybridized carbons (Fsp3) is 0.400. The zero-order valence-electron chi connectivity index (χ0n) is 14.5. The number of ketones is 1. The van der Waals surface area contributed by atoms with Crippen LogP contribution in [0.2, 0.25) is 0 Å². The van der Waals surface area contributed by atoms with Crippen molar-refractivity contribution in [3.63, 3.8) is 0 Å². The minimum Gasteiger partial charge on any atom is -0.348 e. The van der Waals surface area contributed by atoms with E-state index >= 15 is 0 Å². The van der Waals surface area contributed by atoms with Gasteiger partial charge in [-0.1, -0.05) is 30.3 Å². The lowest BCUT2D eigenvalue weighted by Gasteiger charge is -2.33. The molecule has 5 heteroatoms. The number of thiophene rings is 1. The number of nitrogens with one attached hydrogen (secondary N) is 1. The van der Waals surface area contributed by atoms with E-state index in [0.717, 1.165) is 38.9 Å². The highest BCUT2D eigenvalue weighted by Gasteiger charge is 2.22. The van der Waals surface area contributed by atoms with Gasteiger partial charge in [0.1, 0.15) is 0 Å². The van der Waals surface area contributed by atoms with Crippen molar-refractivity contribution in [3.8, 4) is 0 Å². The van der Waals surface area contributed by atoms with Gasteiger partial charge in [0, 0.05) is 24.5 Å². The fourth-order valence-electron chi connectivity index (χ4n) is 3.22. The number of hydrogen-bond donors (Lipinski definition) is 1. The maximum Gasteiger partial charge on any atom is 0.252 e. The lowest BCUT2D eigenvalue weighted by Crippen LogP contribution is -2.48. The molecule has 1 aliphatic heterocycles. The van der Waals surface area contributed by atoms with E-state index < -0.39 is 0 Å². The highest BCUT2D eigenvalue weighted by atomic mass is 32.1. The van der Waals surface area contributed by atoms with Crippen LogP contribution in [0, 0.1) is 0 Å². The molecule has 132 valence electrons. The summed E-state index contributed by atoms with van der Waals surface area (Å²) in [6.07, 6.45) is 3.15. The van der Waals surface area contributed by atoms with Crippen molar-refractivity contribution in [3.05, 3.63) is 57.8 Å². The summed E-state index contributed by atoms with van der Waals surface area (Å²) in [4.78, 5) is 26.8. The van der Waals surface area contributed by atoms with Crippen LogP contribution in [-0.2, 0) is 6.42 Å². The minimum atomic E-state index is -0.0707. The molecule has 1 fully saturated rings. The normalized spacial score (nSPS) is 18.0. The zero-order valence-corrected chi connectivity index (χ0v) is 15.3. The highest BCUT2D eigenvalue weighted by Crippen LogP contribution is 2.17. The quantitative estimate of drug-likeness (QED) is 0.807. The number of carbonyl (C=O) groups is 2. The summed E-state index contributed by atoms with van der Waals surface area (Å²) in [5, 5.41) is 4.90. The fourth-order valence-corrected chi connectivity index (χ4v) is 4.01. The molecule has 0 bridgehead atoms. The first kappa shape index (κ1) is 17.8. The summed E-state index contributed by atoms with van der Waals surface area (Å²) >= 11 is 1.33. The lowest BCUT2D eigenvalue weighted by atomic mass is 10.0. The van der Waals surface area contributed by atoms with E-state index in [-0.39, 0.29) is 17.7 Å². The number of piperidine rings is 1. The van der Waals surface area contributed by atoms with Crippen LogP contribution < -0.4 is 5.32 Å². The van der Waals surface area contributed by atoms with E-state index in [1.54, 1.807) is 11.4 Å². The third-order valence-electron chi connectivity index (χ3n) is 4.61. The van der Waals surface area contributed by atoms with E-state index in [1.165, 1.54) is 23.8 Å². The summed E-state index contributed by atoms with van der Waals surface area (Å²) in [7, 11) is 0. The average molecular weight is 356 g/mol. The Morgan fingerprint density at radius 3 is 2.80 bits per heavy atom. The van der Waals surface area contributed by atoms with Gasteiger partial charge in [0.2, 0.25) is 0 Å². The van der Waals surface area contributed by atoms with Crippen LogP contribution >= 0.6 is 11.3 Å². The molecule has 1 aromatic carbocycles. The van der Waals surface area contributed by atoms with Gasteiger partial charge < -0.3 is 10.2 Å². The molecular formula is C20H24N2O2S. The second-order valence-electron chi connectivity index (χ2n) is 6.60. The molecule has 25 heavy (non-hydrogen) atoms. The monoisotopic (exact) mass is 356 g/mol. The summed E-state index contributed by atoms with van der Waals surface area (Å²) in [6.45, 7) is 4.52. The SMILES string of the molecule is CC(=O)c1cc(C(=O)N[C@@H]2CCCN(CCc3ccccc3)C2)cs1. The van der Waals surface area contributed by atoms with E-state index in [0.29, 0.717) is 10.4 Å². The van der Waals surface area contributed by atoms with Crippen molar-refractivity contribution >= 4 is 23.0 Å². The third kappa shape index (κ3) is 5.00. The van der Waals surface area contributed by atoms with Crippen LogP contribution in [0.4, 0.5) is 0 Å². The molecule has 1 saturated heterocycles. The maximum absolute atomic E-state index is 12.4. The summed E-state index contributed by atoms with van der Waals surface area (Å²) < 4.78 is 0. The molecule has 1 atom stereocenters. The number of benzene rings is 1. The number of hydrogen-bond acceptors (Lipinski definition) is 4. The van der Waals surface area contributed by atoms with Gasteiger partial charge in [-0.25, -0.2) is 0 Å². The standard InChI is InChI=1S/C20H24N2O2S/c1-15(23)19-12-17(14-25-19)20(24)21-18-8-5-10-22(13-18)11-9-16-6-3-2-4-7-16/h2-4,6-7,12,14,18H,5,8-11,13H2,1H3,(H,21,24)/t18-/m1/s1. The van der Waals surface area contributed by atoms with Gasteiger partial charge in [-0.05, 0) is 44.4 Å². The van der Waals surface area contributed by atoms with Gasteiger partial charge >= 0.3 is 0 Å². The smallest absolute Gasteiger partial charge is 0.252 e. The number of carbonyl (C=O) groups excluding carboxylic acids is 2. The van der Waals surface area contributed by atoms with Crippen molar-refractivity contribution < 1.29 is 9.59 Å². The molecule has 0 radical (unpaired) electrons. The maximum atomic E-state index is 12.4. The minimum absolute atomic E-state index is 0.00815. The van der Waals surface area contributed by atoms with Crippen LogP contribution in [-0.4, -0.2) is 42.3 Å². The van der Waals surface area contributed by atoms with Crippen LogP contribution in [0.3, 0.4) is 0 Å². The Morgan fingerprint density at radius 2 is 2.08 bits per heavy atom. The van der Waals surface area contributed by atoms with Crippen LogP contribution in [0.1, 0.15) is 45.4 Å². The molecule has 3 rings (SSSR count). The first-order valence-electron chi connectivity index (χ1n) is 8.78. The Morgan fingerprint density at radius 1 is 1.28 bits per heavy atom. The Labute approximate surface area is 152 Å². The van der Waals surface area contributed by atoms with Crippen LogP contribution in [0.25, 0.3) is 0 Å².